The van der Waals surface area contributed by atoms with Crippen molar-refractivity contribution in [3.05, 3.63) is 24.4 Å². The standard InChI is InChI=1S/C7H10N6/c1-12-3-2-9-7(12)5-13-4-6(8)10-11-13/h2-4H,5,8H2,1H3. The van der Waals surface area contributed by atoms with Crippen molar-refractivity contribution in [2.24, 2.45) is 7.05 Å². The Hall–Kier alpha value is -1.85. The zero-order chi connectivity index (χ0) is 9.26. The van der Waals surface area contributed by atoms with E-state index in [0.717, 1.165) is 5.82 Å². The zero-order valence-electron chi connectivity index (χ0n) is 7.25. The second-order valence-corrected chi connectivity index (χ2v) is 2.80. The Bertz CT molecular complexity index is 401. The lowest BCUT2D eigenvalue weighted by Crippen LogP contribution is -2.06. The summed E-state index contributed by atoms with van der Waals surface area (Å²) in [6.07, 6.45) is 5.31. The SMILES string of the molecule is Cn1ccnc1Cn1cc(N)nn1. The summed E-state index contributed by atoms with van der Waals surface area (Å²) >= 11 is 0. The van der Waals surface area contributed by atoms with Crippen molar-refractivity contribution in [3.63, 3.8) is 0 Å². The molecule has 2 N–H and O–H groups in total. The second kappa shape index (κ2) is 2.89. The normalized spacial score (nSPS) is 10.5. The largest absolute Gasteiger partial charge is 0.381 e. The smallest absolute Gasteiger partial charge is 0.165 e. The van der Waals surface area contributed by atoms with Gasteiger partial charge in [0.2, 0.25) is 0 Å². The highest BCUT2D eigenvalue weighted by atomic mass is 15.4. The number of hydrogen-bond acceptors (Lipinski definition) is 4. The number of aromatic nitrogens is 5. The summed E-state index contributed by atoms with van der Waals surface area (Å²) in [4.78, 5) is 4.15. The number of hydrogen-bond donors (Lipinski definition) is 1. The average Bonchev–Trinajstić information content (AvgIpc) is 2.64. The van der Waals surface area contributed by atoms with E-state index in [-0.39, 0.29) is 0 Å². The van der Waals surface area contributed by atoms with Crippen LogP contribution >= 0.6 is 0 Å². The molecule has 0 fully saturated rings. The highest BCUT2D eigenvalue weighted by molar-refractivity contribution is 5.20. The molecular formula is C7H10N6. The topological polar surface area (TPSA) is 74.5 Å². The minimum atomic E-state index is 0.425. The quantitative estimate of drug-likeness (QED) is 0.681. The lowest BCUT2D eigenvalue weighted by Gasteiger charge is -1.99. The maximum absolute atomic E-state index is 5.42. The van der Waals surface area contributed by atoms with Gasteiger partial charge < -0.3 is 10.3 Å². The Morgan fingerprint density at radius 1 is 1.54 bits per heavy atom. The van der Waals surface area contributed by atoms with Crippen LogP contribution in [-0.2, 0) is 13.6 Å². The maximum Gasteiger partial charge on any atom is 0.165 e. The van der Waals surface area contributed by atoms with Crippen LogP contribution in [0.25, 0.3) is 0 Å². The zero-order valence-corrected chi connectivity index (χ0v) is 7.25. The summed E-state index contributed by atoms with van der Waals surface area (Å²) in [5.74, 6) is 1.35. The molecule has 2 aromatic heterocycles. The molecular weight excluding hydrogens is 168 g/mol. The van der Waals surface area contributed by atoms with Crippen LogP contribution in [-0.4, -0.2) is 24.5 Å². The van der Waals surface area contributed by atoms with Gasteiger partial charge in [0.15, 0.2) is 5.82 Å². The van der Waals surface area contributed by atoms with Gasteiger partial charge in [-0.3, -0.25) is 0 Å². The van der Waals surface area contributed by atoms with Crippen molar-refractivity contribution >= 4 is 5.82 Å². The molecule has 0 aliphatic heterocycles. The molecule has 6 nitrogen and oxygen atoms in total. The summed E-state index contributed by atoms with van der Waals surface area (Å²) < 4.78 is 3.58. The Kier molecular flexibility index (Phi) is 1.73. The lowest BCUT2D eigenvalue weighted by molar-refractivity contribution is 0.607. The molecule has 0 aliphatic rings. The first-order valence-corrected chi connectivity index (χ1v) is 3.87. The Labute approximate surface area is 75.0 Å². The van der Waals surface area contributed by atoms with Gasteiger partial charge in [-0.25, -0.2) is 9.67 Å². The first-order valence-electron chi connectivity index (χ1n) is 3.87. The predicted molar refractivity (Wildman–Crippen MR) is 46.7 cm³/mol. The molecule has 0 atom stereocenters. The van der Waals surface area contributed by atoms with E-state index in [0.29, 0.717) is 12.4 Å². The molecule has 0 amide bonds. The number of anilines is 1. The van der Waals surface area contributed by atoms with E-state index in [9.17, 15) is 0 Å². The molecule has 0 spiro atoms. The Balaban J connectivity index is 2.19. The van der Waals surface area contributed by atoms with Crippen molar-refractivity contribution in [3.8, 4) is 0 Å². The van der Waals surface area contributed by atoms with Gasteiger partial charge in [-0.15, -0.1) is 5.10 Å². The maximum atomic E-state index is 5.42. The van der Waals surface area contributed by atoms with Crippen LogP contribution in [0.1, 0.15) is 5.82 Å². The summed E-state index contributed by atoms with van der Waals surface area (Å²) in [6.45, 7) is 0.591. The number of aryl methyl sites for hydroxylation is 1. The van der Waals surface area contributed by atoms with Crippen LogP contribution < -0.4 is 5.73 Å². The van der Waals surface area contributed by atoms with E-state index >= 15 is 0 Å². The van der Waals surface area contributed by atoms with Crippen LogP contribution in [0.15, 0.2) is 18.6 Å². The molecule has 13 heavy (non-hydrogen) atoms. The molecule has 2 heterocycles. The fraction of sp³-hybridized carbons (Fsp3) is 0.286. The van der Waals surface area contributed by atoms with Crippen LogP contribution in [0.3, 0.4) is 0 Å². The van der Waals surface area contributed by atoms with Crippen LogP contribution in [0.4, 0.5) is 5.82 Å². The van der Waals surface area contributed by atoms with Gasteiger partial charge in [-0.1, -0.05) is 5.21 Å². The monoisotopic (exact) mass is 178 g/mol. The van der Waals surface area contributed by atoms with Gasteiger partial charge in [0.05, 0.1) is 6.20 Å². The molecule has 0 aliphatic carbocycles. The van der Waals surface area contributed by atoms with Crippen LogP contribution in [0.5, 0.6) is 0 Å². The summed E-state index contributed by atoms with van der Waals surface area (Å²) in [5, 5.41) is 7.50. The third-order valence-corrected chi connectivity index (χ3v) is 1.78. The third-order valence-electron chi connectivity index (χ3n) is 1.78. The van der Waals surface area contributed by atoms with Crippen molar-refractivity contribution in [2.45, 2.75) is 6.54 Å². The van der Waals surface area contributed by atoms with E-state index in [1.807, 2.05) is 17.8 Å². The minimum Gasteiger partial charge on any atom is -0.381 e. The van der Waals surface area contributed by atoms with E-state index in [2.05, 4.69) is 15.3 Å². The van der Waals surface area contributed by atoms with Crippen molar-refractivity contribution in [1.82, 2.24) is 24.5 Å². The minimum absolute atomic E-state index is 0.425. The van der Waals surface area contributed by atoms with Crippen molar-refractivity contribution < 1.29 is 0 Å². The lowest BCUT2D eigenvalue weighted by atomic mass is 10.6. The molecule has 68 valence electrons. The summed E-state index contributed by atoms with van der Waals surface area (Å²) in [5.41, 5.74) is 5.42. The van der Waals surface area contributed by atoms with Crippen LogP contribution in [0, 0.1) is 0 Å². The molecule has 6 heteroatoms. The summed E-state index contributed by atoms with van der Waals surface area (Å²) in [7, 11) is 1.93. The number of nitrogen functional groups attached to an aromatic ring is 1. The molecule has 2 rings (SSSR count). The first kappa shape index (κ1) is 7.78. The van der Waals surface area contributed by atoms with Gasteiger partial charge in [0, 0.05) is 19.4 Å². The number of nitrogens with zero attached hydrogens (tertiary/aromatic N) is 5. The molecule has 0 radical (unpaired) electrons. The van der Waals surface area contributed by atoms with Gasteiger partial charge in [0.25, 0.3) is 0 Å². The molecule has 0 bridgehead atoms. The van der Waals surface area contributed by atoms with Crippen LogP contribution in [0.2, 0.25) is 0 Å². The highest BCUT2D eigenvalue weighted by Gasteiger charge is 2.01. The fourth-order valence-electron chi connectivity index (χ4n) is 1.08. The third kappa shape index (κ3) is 1.51. The summed E-state index contributed by atoms with van der Waals surface area (Å²) in [6, 6.07) is 0. The van der Waals surface area contributed by atoms with E-state index in [1.54, 1.807) is 17.1 Å². The Morgan fingerprint density at radius 2 is 2.38 bits per heavy atom. The van der Waals surface area contributed by atoms with Gasteiger partial charge >= 0.3 is 0 Å². The van der Waals surface area contributed by atoms with E-state index in [4.69, 9.17) is 5.73 Å². The van der Waals surface area contributed by atoms with Crippen molar-refractivity contribution in [2.75, 3.05) is 5.73 Å². The molecule has 0 saturated carbocycles. The molecule has 0 saturated heterocycles. The molecule has 0 unspecified atom stereocenters. The average molecular weight is 178 g/mol. The van der Waals surface area contributed by atoms with E-state index in [1.165, 1.54) is 0 Å². The van der Waals surface area contributed by atoms with Gasteiger partial charge in [-0.2, -0.15) is 0 Å². The first-order chi connectivity index (χ1) is 6.25. The van der Waals surface area contributed by atoms with Gasteiger partial charge in [0.1, 0.15) is 12.4 Å². The number of rotatable bonds is 2. The van der Waals surface area contributed by atoms with E-state index < -0.39 is 0 Å². The second-order valence-electron chi connectivity index (χ2n) is 2.80. The number of imidazole rings is 1. The molecule has 2 aromatic rings. The van der Waals surface area contributed by atoms with Gasteiger partial charge in [-0.05, 0) is 0 Å². The predicted octanol–water partition coefficient (Wildman–Crippen LogP) is -0.358. The number of nitrogens with two attached hydrogens (primary N) is 1. The fourth-order valence-corrected chi connectivity index (χ4v) is 1.08. The Morgan fingerprint density at radius 3 is 2.92 bits per heavy atom. The molecule has 0 aromatic carbocycles. The highest BCUT2D eigenvalue weighted by Crippen LogP contribution is 1.99. The van der Waals surface area contributed by atoms with Crippen molar-refractivity contribution in [1.29, 1.82) is 0 Å².